The number of carbonyl (C=O) groups excluding carboxylic acids is 2. The SMILES string of the molecule is Cc1ccc(C(=O)N2CCSC2)c(C2CCN(C(=O)c3cccc4cc[nH]c34)CC2)n1. The lowest BCUT2D eigenvalue weighted by atomic mass is 9.89. The van der Waals surface area contributed by atoms with Gasteiger partial charge in [-0.2, -0.15) is 0 Å². The number of hydrogen-bond acceptors (Lipinski definition) is 4. The first-order valence-corrected chi connectivity index (χ1v) is 12.0. The Morgan fingerprint density at radius 1 is 1.00 bits per heavy atom. The number of amides is 2. The first-order chi connectivity index (χ1) is 15.1. The minimum absolute atomic E-state index is 0.0640. The summed E-state index contributed by atoms with van der Waals surface area (Å²) in [5.74, 6) is 2.09. The summed E-state index contributed by atoms with van der Waals surface area (Å²) < 4.78 is 0. The summed E-state index contributed by atoms with van der Waals surface area (Å²) in [6, 6.07) is 11.7. The highest BCUT2D eigenvalue weighted by Crippen LogP contribution is 2.32. The van der Waals surface area contributed by atoms with Crippen molar-refractivity contribution in [1.82, 2.24) is 19.8 Å². The maximum absolute atomic E-state index is 13.2. The Bertz CT molecular complexity index is 1130. The van der Waals surface area contributed by atoms with Gasteiger partial charge in [-0.25, -0.2) is 0 Å². The van der Waals surface area contributed by atoms with Crippen molar-refractivity contribution in [2.75, 3.05) is 31.3 Å². The molecule has 3 aromatic rings. The van der Waals surface area contributed by atoms with Gasteiger partial charge in [-0.05, 0) is 44.0 Å². The molecule has 160 valence electrons. The number of nitrogens with one attached hydrogen (secondary N) is 1. The Morgan fingerprint density at radius 3 is 2.58 bits per heavy atom. The van der Waals surface area contributed by atoms with Crippen LogP contribution in [0.1, 0.15) is 50.9 Å². The Morgan fingerprint density at radius 2 is 1.81 bits per heavy atom. The molecule has 0 unspecified atom stereocenters. The van der Waals surface area contributed by atoms with E-state index in [4.69, 9.17) is 4.98 Å². The maximum Gasteiger partial charge on any atom is 0.256 e. The Kier molecular flexibility index (Phi) is 5.44. The first kappa shape index (κ1) is 20.1. The lowest BCUT2D eigenvalue weighted by Gasteiger charge is -2.33. The van der Waals surface area contributed by atoms with Crippen LogP contribution in [0.15, 0.2) is 42.6 Å². The minimum Gasteiger partial charge on any atom is -0.361 e. The molecule has 1 aromatic carbocycles. The molecule has 2 amide bonds. The van der Waals surface area contributed by atoms with Crippen molar-refractivity contribution in [3.63, 3.8) is 0 Å². The average molecular weight is 435 g/mol. The van der Waals surface area contributed by atoms with Gasteiger partial charge >= 0.3 is 0 Å². The van der Waals surface area contributed by atoms with Crippen LogP contribution in [0.2, 0.25) is 0 Å². The molecule has 5 rings (SSSR count). The van der Waals surface area contributed by atoms with E-state index in [-0.39, 0.29) is 17.7 Å². The molecule has 0 bridgehead atoms. The van der Waals surface area contributed by atoms with Gasteiger partial charge in [0.05, 0.1) is 28.2 Å². The fraction of sp³-hybridized carbons (Fsp3) is 0.375. The monoisotopic (exact) mass is 434 g/mol. The number of hydrogen-bond donors (Lipinski definition) is 1. The van der Waals surface area contributed by atoms with Crippen molar-refractivity contribution in [1.29, 1.82) is 0 Å². The summed E-state index contributed by atoms with van der Waals surface area (Å²) >= 11 is 1.79. The smallest absolute Gasteiger partial charge is 0.256 e. The number of aromatic amines is 1. The van der Waals surface area contributed by atoms with Gasteiger partial charge in [0.25, 0.3) is 11.8 Å². The number of H-pyrrole nitrogens is 1. The summed E-state index contributed by atoms with van der Waals surface area (Å²) in [5.41, 5.74) is 4.18. The van der Waals surface area contributed by atoms with E-state index in [1.165, 1.54) is 0 Å². The van der Waals surface area contributed by atoms with Gasteiger partial charge in [0.15, 0.2) is 0 Å². The van der Waals surface area contributed by atoms with Crippen LogP contribution >= 0.6 is 11.8 Å². The number of piperidine rings is 1. The second-order valence-corrected chi connectivity index (χ2v) is 9.38. The molecule has 1 N–H and O–H groups in total. The van der Waals surface area contributed by atoms with Gasteiger partial charge in [0.1, 0.15) is 0 Å². The van der Waals surface area contributed by atoms with Gasteiger partial charge in [0.2, 0.25) is 0 Å². The molecule has 2 aliphatic heterocycles. The highest BCUT2D eigenvalue weighted by atomic mass is 32.2. The Labute approximate surface area is 186 Å². The number of nitrogens with zero attached hydrogens (tertiary/aromatic N) is 3. The second kappa shape index (κ2) is 8.38. The van der Waals surface area contributed by atoms with E-state index in [0.29, 0.717) is 13.1 Å². The topological polar surface area (TPSA) is 69.3 Å². The van der Waals surface area contributed by atoms with Gasteiger partial charge < -0.3 is 14.8 Å². The summed E-state index contributed by atoms with van der Waals surface area (Å²) in [4.78, 5) is 38.1. The molecule has 4 heterocycles. The number of aryl methyl sites for hydroxylation is 1. The molecule has 2 aliphatic rings. The number of benzene rings is 1. The van der Waals surface area contributed by atoms with Crippen molar-refractivity contribution in [2.24, 2.45) is 0 Å². The van der Waals surface area contributed by atoms with Gasteiger partial charge in [0, 0.05) is 48.6 Å². The molecular formula is C24H26N4O2S. The van der Waals surface area contributed by atoms with E-state index in [0.717, 1.165) is 64.4 Å². The Hall–Kier alpha value is -2.80. The largest absolute Gasteiger partial charge is 0.361 e. The van der Waals surface area contributed by atoms with Crippen LogP contribution in [-0.2, 0) is 0 Å². The van der Waals surface area contributed by atoms with Crippen molar-refractivity contribution in [3.05, 3.63) is 65.1 Å². The number of aromatic nitrogens is 2. The number of pyridine rings is 1. The van der Waals surface area contributed by atoms with Gasteiger partial charge in [-0.1, -0.05) is 12.1 Å². The molecular weight excluding hydrogens is 408 g/mol. The molecule has 2 aromatic heterocycles. The van der Waals surface area contributed by atoms with Crippen molar-refractivity contribution in [3.8, 4) is 0 Å². The van der Waals surface area contributed by atoms with Crippen molar-refractivity contribution < 1.29 is 9.59 Å². The zero-order valence-electron chi connectivity index (χ0n) is 17.6. The van der Waals surface area contributed by atoms with E-state index >= 15 is 0 Å². The van der Waals surface area contributed by atoms with E-state index in [1.54, 1.807) is 11.8 Å². The molecule has 2 saturated heterocycles. The molecule has 0 aliphatic carbocycles. The fourth-order valence-corrected chi connectivity index (χ4v) is 5.55. The van der Waals surface area contributed by atoms with E-state index in [9.17, 15) is 9.59 Å². The average Bonchev–Trinajstić information content (AvgIpc) is 3.50. The molecule has 0 atom stereocenters. The maximum atomic E-state index is 13.2. The molecule has 6 nitrogen and oxygen atoms in total. The number of rotatable bonds is 3. The number of likely N-dealkylation sites (tertiary alicyclic amines) is 1. The number of para-hydroxylation sites is 1. The summed E-state index contributed by atoms with van der Waals surface area (Å²) in [6.07, 6.45) is 3.50. The van der Waals surface area contributed by atoms with Crippen molar-refractivity contribution in [2.45, 2.75) is 25.7 Å². The minimum atomic E-state index is 0.0640. The normalized spacial score (nSPS) is 17.5. The number of carbonyl (C=O) groups is 2. The highest BCUT2D eigenvalue weighted by molar-refractivity contribution is 7.99. The van der Waals surface area contributed by atoms with Crippen LogP contribution in [0.5, 0.6) is 0 Å². The summed E-state index contributed by atoms with van der Waals surface area (Å²) in [6.45, 7) is 4.11. The van der Waals surface area contributed by atoms with Gasteiger partial charge in [-0.15, -0.1) is 11.8 Å². The molecule has 31 heavy (non-hydrogen) atoms. The molecule has 7 heteroatoms. The zero-order chi connectivity index (χ0) is 21.4. The van der Waals surface area contributed by atoms with E-state index < -0.39 is 0 Å². The highest BCUT2D eigenvalue weighted by Gasteiger charge is 2.30. The zero-order valence-corrected chi connectivity index (χ0v) is 18.5. The van der Waals surface area contributed by atoms with Crippen LogP contribution in [0, 0.1) is 6.92 Å². The van der Waals surface area contributed by atoms with E-state index in [2.05, 4.69) is 4.98 Å². The quantitative estimate of drug-likeness (QED) is 0.676. The lowest BCUT2D eigenvalue weighted by Crippen LogP contribution is -2.38. The summed E-state index contributed by atoms with van der Waals surface area (Å²) in [5, 5.41) is 1.05. The van der Waals surface area contributed by atoms with Gasteiger partial charge in [-0.3, -0.25) is 14.6 Å². The number of fused-ring (bicyclic) bond motifs is 1. The standard InChI is InChI=1S/C24H26N4O2S/c1-16-5-6-20(24(30)28-13-14-31-15-28)22(26-16)18-8-11-27(12-9-18)23(29)19-4-2-3-17-7-10-25-21(17)19/h2-7,10,18,25H,8-9,11-15H2,1H3. The Balaban J connectivity index is 1.34. The molecule has 0 spiro atoms. The van der Waals surface area contributed by atoms with Crippen molar-refractivity contribution >= 4 is 34.5 Å². The van der Waals surface area contributed by atoms with Crippen LogP contribution in [0.4, 0.5) is 0 Å². The van der Waals surface area contributed by atoms with Crippen LogP contribution in [0.3, 0.4) is 0 Å². The van der Waals surface area contributed by atoms with E-state index in [1.807, 2.05) is 59.3 Å². The number of thioether (sulfide) groups is 1. The van der Waals surface area contributed by atoms with Crippen LogP contribution < -0.4 is 0 Å². The molecule has 0 saturated carbocycles. The molecule has 2 fully saturated rings. The molecule has 0 radical (unpaired) electrons. The second-order valence-electron chi connectivity index (χ2n) is 8.31. The first-order valence-electron chi connectivity index (χ1n) is 10.8. The third kappa shape index (κ3) is 3.82. The van der Waals surface area contributed by atoms with Crippen LogP contribution in [0.25, 0.3) is 10.9 Å². The third-order valence-electron chi connectivity index (χ3n) is 6.32. The lowest BCUT2D eigenvalue weighted by molar-refractivity contribution is 0.0709. The fourth-order valence-electron chi connectivity index (χ4n) is 4.60. The van der Waals surface area contributed by atoms with Crippen LogP contribution in [-0.4, -0.2) is 62.8 Å². The third-order valence-corrected chi connectivity index (χ3v) is 7.29. The predicted octanol–water partition coefficient (Wildman–Crippen LogP) is 4.04. The predicted molar refractivity (Wildman–Crippen MR) is 124 cm³/mol. The summed E-state index contributed by atoms with van der Waals surface area (Å²) in [7, 11) is 0.